The molecule has 1 aromatic rings. The fourth-order valence-corrected chi connectivity index (χ4v) is 4.87. The second-order valence-corrected chi connectivity index (χ2v) is 7.49. The van der Waals surface area contributed by atoms with Gasteiger partial charge in [-0.3, -0.25) is 0 Å². The van der Waals surface area contributed by atoms with Gasteiger partial charge in [0.2, 0.25) is 0 Å². The monoisotopic (exact) mass is 372 g/mol. The summed E-state index contributed by atoms with van der Waals surface area (Å²) in [6.45, 7) is 0. The molecule has 2 saturated carbocycles. The highest BCUT2D eigenvalue weighted by atomic mass is 79.9. The number of ether oxygens (including phenoxy) is 1. The van der Waals surface area contributed by atoms with Gasteiger partial charge in [0.25, 0.3) is 0 Å². The first-order chi connectivity index (χ1) is 8.72. The first kappa shape index (κ1) is 13.0. The molecule has 18 heavy (non-hydrogen) atoms. The Balaban J connectivity index is 1.75. The summed E-state index contributed by atoms with van der Waals surface area (Å²) in [5.41, 5.74) is 0.396. The van der Waals surface area contributed by atoms with Crippen molar-refractivity contribution < 1.29 is 4.74 Å². The van der Waals surface area contributed by atoms with Gasteiger partial charge in [-0.15, -0.1) is 0 Å². The first-order valence-corrected chi connectivity index (χ1v) is 8.48. The van der Waals surface area contributed by atoms with E-state index in [2.05, 4.69) is 37.9 Å². The highest BCUT2D eigenvalue weighted by Gasteiger charge is 2.55. The van der Waals surface area contributed by atoms with E-state index in [1.54, 1.807) is 0 Å². The summed E-state index contributed by atoms with van der Waals surface area (Å²) in [7, 11) is 0. The smallest absolute Gasteiger partial charge is 0.133 e. The first-order valence-electron chi connectivity index (χ1n) is 6.78. The lowest BCUT2D eigenvalue weighted by Crippen LogP contribution is -2.57. The Hall–Kier alpha value is -0.0200. The Kier molecular flexibility index (Phi) is 3.72. The Morgan fingerprint density at radius 3 is 2.50 bits per heavy atom. The molecular formula is C15H18Br2O. The van der Waals surface area contributed by atoms with E-state index in [4.69, 9.17) is 4.74 Å². The normalized spacial score (nSPS) is 29.9. The molecule has 2 aliphatic rings. The molecule has 0 aliphatic heterocycles. The van der Waals surface area contributed by atoms with Gasteiger partial charge in [0, 0.05) is 10.2 Å². The molecule has 0 N–H and O–H groups in total. The minimum absolute atomic E-state index is 0.390. The second-order valence-electron chi connectivity index (χ2n) is 5.53. The number of halogens is 2. The lowest BCUT2D eigenvalue weighted by molar-refractivity contribution is -0.0604. The third-order valence-corrected chi connectivity index (χ3v) is 6.52. The fraction of sp³-hybridized carbons (Fsp3) is 0.600. The van der Waals surface area contributed by atoms with E-state index in [9.17, 15) is 0 Å². The molecule has 0 amide bonds. The van der Waals surface area contributed by atoms with Gasteiger partial charge in [-0.05, 0) is 47.3 Å². The van der Waals surface area contributed by atoms with Crippen LogP contribution in [0.25, 0.3) is 0 Å². The predicted octanol–water partition coefficient (Wildman–Crippen LogP) is 5.31. The summed E-state index contributed by atoms with van der Waals surface area (Å²) in [5.74, 6) is 0.992. The summed E-state index contributed by atoms with van der Waals surface area (Å²) in [6.07, 6.45) is 8.28. The maximum Gasteiger partial charge on any atom is 0.133 e. The van der Waals surface area contributed by atoms with Crippen molar-refractivity contribution in [3.05, 3.63) is 28.7 Å². The standard InChI is InChI=1S/C15H18Br2O/c16-11-6-2-3-7-12(11)18-14-10-13(17)15(14)8-4-1-5-9-15/h2-3,6-7,13-14H,1,4-5,8-10H2. The summed E-state index contributed by atoms with van der Waals surface area (Å²) in [5, 5.41) is 0. The molecule has 1 spiro atoms. The van der Waals surface area contributed by atoms with Gasteiger partial charge >= 0.3 is 0 Å². The molecule has 0 bridgehead atoms. The Morgan fingerprint density at radius 2 is 1.83 bits per heavy atom. The molecule has 3 heteroatoms. The van der Waals surface area contributed by atoms with Crippen molar-refractivity contribution in [1.29, 1.82) is 0 Å². The van der Waals surface area contributed by atoms with Gasteiger partial charge in [-0.1, -0.05) is 47.3 Å². The number of alkyl halides is 1. The Labute approximate surface area is 126 Å². The van der Waals surface area contributed by atoms with E-state index in [0.29, 0.717) is 16.3 Å². The van der Waals surface area contributed by atoms with Crippen molar-refractivity contribution in [3.8, 4) is 5.75 Å². The van der Waals surface area contributed by atoms with Gasteiger partial charge in [0.15, 0.2) is 0 Å². The van der Waals surface area contributed by atoms with Gasteiger partial charge in [0.05, 0.1) is 4.47 Å². The summed E-state index contributed by atoms with van der Waals surface area (Å²) >= 11 is 7.43. The Morgan fingerprint density at radius 1 is 1.11 bits per heavy atom. The highest BCUT2D eigenvalue weighted by molar-refractivity contribution is 9.10. The topological polar surface area (TPSA) is 9.23 Å². The third-order valence-electron chi connectivity index (χ3n) is 4.58. The van der Waals surface area contributed by atoms with Crippen molar-refractivity contribution in [2.24, 2.45) is 5.41 Å². The van der Waals surface area contributed by atoms with E-state index < -0.39 is 0 Å². The van der Waals surface area contributed by atoms with Gasteiger partial charge in [-0.2, -0.15) is 0 Å². The van der Waals surface area contributed by atoms with Crippen LogP contribution in [0.5, 0.6) is 5.75 Å². The zero-order valence-corrected chi connectivity index (χ0v) is 13.5. The van der Waals surface area contributed by atoms with Crippen LogP contribution in [-0.4, -0.2) is 10.9 Å². The van der Waals surface area contributed by atoms with Gasteiger partial charge in [-0.25, -0.2) is 0 Å². The molecule has 2 atom stereocenters. The molecule has 1 nitrogen and oxygen atoms in total. The van der Waals surface area contributed by atoms with Crippen LogP contribution < -0.4 is 4.74 Å². The molecule has 2 fully saturated rings. The van der Waals surface area contributed by atoms with Crippen LogP contribution in [0.15, 0.2) is 28.7 Å². The van der Waals surface area contributed by atoms with Crippen molar-refractivity contribution in [3.63, 3.8) is 0 Å². The van der Waals surface area contributed by atoms with E-state index in [1.807, 2.05) is 18.2 Å². The largest absolute Gasteiger partial charge is 0.489 e. The van der Waals surface area contributed by atoms with Crippen LogP contribution in [0.4, 0.5) is 0 Å². The number of rotatable bonds is 2. The van der Waals surface area contributed by atoms with Crippen molar-refractivity contribution >= 4 is 31.9 Å². The molecule has 2 aliphatic carbocycles. The molecule has 3 rings (SSSR count). The van der Waals surface area contributed by atoms with E-state index in [0.717, 1.165) is 16.6 Å². The van der Waals surface area contributed by atoms with E-state index in [1.165, 1.54) is 32.1 Å². The molecular weight excluding hydrogens is 356 g/mol. The van der Waals surface area contributed by atoms with Crippen molar-refractivity contribution in [1.82, 2.24) is 0 Å². The van der Waals surface area contributed by atoms with Gasteiger partial charge < -0.3 is 4.74 Å². The maximum absolute atomic E-state index is 6.27. The lowest BCUT2D eigenvalue weighted by atomic mass is 9.58. The lowest BCUT2D eigenvalue weighted by Gasteiger charge is -2.55. The van der Waals surface area contributed by atoms with E-state index in [-0.39, 0.29) is 0 Å². The fourth-order valence-electron chi connectivity index (χ4n) is 3.40. The minimum atomic E-state index is 0.390. The quantitative estimate of drug-likeness (QED) is 0.638. The number of para-hydroxylation sites is 1. The third kappa shape index (κ3) is 2.14. The van der Waals surface area contributed by atoms with Crippen LogP contribution in [0.1, 0.15) is 38.5 Å². The molecule has 2 unspecified atom stereocenters. The zero-order valence-electron chi connectivity index (χ0n) is 10.4. The molecule has 0 heterocycles. The van der Waals surface area contributed by atoms with E-state index >= 15 is 0 Å². The molecule has 98 valence electrons. The molecule has 0 aromatic heterocycles. The molecule has 0 radical (unpaired) electrons. The van der Waals surface area contributed by atoms with Crippen LogP contribution in [-0.2, 0) is 0 Å². The average molecular weight is 374 g/mol. The highest BCUT2D eigenvalue weighted by Crippen LogP contribution is 2.56. The average Bonchev–Trinajstić information content (AvgIpc) is 2.41. The van der Waals surface area contributed by atoms with Crippen LogP contribution in [0, 0.1) is 5.41 Å². The van der Waals surface area contributed by atoms with Crippen LogP contribution in [0.2, 0.25) is 0 Å². The summed E-state index contributed by atoms with van der Waals surface area (Å²) in [6, 6.07) is 8.18. The molecule has 1 aromatic carbocycles. The number of hydrogen-bond acceptors (Lipinski definition) is 1. The minimum Gasteiger partial charge on any atom is -0.489 e. The maximum atomic E-state index is 6.27. The van der Waals surface area contributed by atoms with Crippen LogP contribution in [0.3, 0.4) is 0 Å². The summed E-state index contributed by atoms with van der Waals surface area (Å²) in [4.78, 5) is 0.651. The predicted molar refractivity (Wildman–Crippen MR) is 81.4 cm³/mol. The summed E-state index contributed by atoms with van der Waals surface area (Å²) < 4.78 is 7.33. The van der Waals surface area contributed by atoms with Crippen LogP contribution >= 0.6 is 31.9 Å². The zero-order chi connectivity index (χ0) is 12.6. The number of hydrogen-bond donors (Lipinski definition) is 0. The van der Waals surface area contributed by atoms with Crippen molar-refractivity contribution in [2.45, 2.75) is 49.5 Å². The second kappa shape index (κ2) is 5.16. The Bertz CT molecular complexity index is 426. The SMILES string of the molecule is Brc1ccccc1OC1CC(Br)C12CCCCC2. The van der Waals surface area contributed by atoms with Gasteiger partial charge in [0.1, 0.15) is 11.9 Å². The number of benzene rings is 1. The molecule has 0 saturated heterocycles. The van der Waals surface area contributed by atoms with Crippen molar-refractivity contribution in [2.75, 3.05) is 0 Å².